The molecule has 1 N–H and O–H groups in total. The van der Waals surface area contributed by atoms with Crippen molar-refractivity contribution in [2.75, 3.05) is 20.2 Å². The van der Waals surface area contributed by atoms with Crippen LogP contribution >= 0.6 is 0 Å². The molecule has 3 aromatic rings. The van der Waals surface area contributed by atoms with Gasteiger partial charge in [-0.25, -0.2) is 0 Å². The molecule has 0 aliphatic rings. The maximum absolute atomic E-state index is 13.6. The third-order valence-corrected chi connectivity index (χ3v) is 6.88. The molecule has 0 radical (unpaired) electrons. The molecule has 0 fully saturated rings. The Morgan fingerprint density at radius 2 is 1.61 bits per heavy atom. The maximum atomic E-state index is 13.6. The lowest BCUT2D eigenvalue weighted by molar-refractivity contribution is -0.137. The minimum atomic E-state index is -0.779. The summed E-state index contributed by atoms with van der Waals surface area (Å²) in [5, 5.41) is 9.59. The summed E-state index contributed by atoms with van der Waals surface area (Å²) in [5.41, 5.74) is 3.00. The average molecular weight is 521 g/mol. The van der Waals surface area contributed by atoms with Crippen LogP contribution < -0.4 is 4.74 Å². The van der Waals surface area contributed by atoms with Gasteiger partial charge in [-0.05, 0) is 49.8 Å². The second-order valence-corrected chi connectivity index (χ2v) is 9.77. The minimum absolute atomic E-state index is 0.0536. The predicted octanol–water partition coefficient (Wildman–Crippen LogP) is 6.11. The maximum Gasteiger partial charge on any atom is 0.303 e. The Morgan fingerprint density at radius 3 is 2.21 bits per heavy atom. The standard InChI is InChI=1S/C31H40N2O5/c1-4-6-18-32(19-7-5-2)29(34)22-33-21-27(26-17-16-25(38-3)20-28(26)33)31(37)24-14-12-23(13-15-24)10-8-9-11-30(35)36/h12-17,20-21H,4-11,18-19,22H2,1-3H3,(H,35,36). The van der Waals surface area contributed by atoms with Crippen LogP contribution in [0.15, 0.2) is 48.7 Å². The van der Waals surface area contributed by atoms with E-state index in [1.807, 2.05) is 51.9 Å². The number of rotatable bonds is 16. The number of ether oxygens (including phenoxy) is 1. The van der Waals surface area contributed by atoms with Crippen molar-refractivity contribution in [2.24, 2.45) is 0 Å². The molecule has 0 unspecified atom stereocenters. The van der Waals surface area contributed by atoms with Crippen LogP contribution in [0.25, 0.3) is 10.9 Å². The zero-order chi connectivity index (χ0) is 27.5. The molecule has 0 aliphatic heterocycles. The third-order valence-electron chi connectivity index (χ3n) is 6.88. The Morgan fingerprint density at radius 1 is 0.921 bits per heavy atom. The second-order valence-electron chi connectivity index (χ2n) is 9.77. The van der Waals surface area contributed by atoms with Crippen LogP contribution in [0, 0.1) is 0 Å². The Bertz CT molecular complexity index is 1220. The molecular formula is C31H40N2O5. The molecule has 38 heavy (non-hydrogen) atoms. The summed E-state index contributed by atoms with van der Waals surface area (Å²) in [6.45, 7) is 5.90. The van der Waals surface area contributed by atoms with Crippen molar-refractivity contribution < 1.29 is 24.2 Å². The summed E-state index contributed by atoms with van der Waals surface area (Å²) in [6, 6.07) is 13.1. The molecule has 3 rings (SSSR count). The van der Waals surface area contributed by atoms with Gasteiger partial charge in [0.1, 0.15) is 12.3 Å². The monoisotopic (exact) mass is 520 g/mol. The summed E-state index contributed by atoms with van der Waals surface area (Å²) in [5.74, 6) is -0.154. The van der Waals surface area contributed by atoms with E-state index in [1.165, 1.54) is 0 Å². The predicted molar refractivity (Wildman–Crippen MR) is 150 cm³/mol. The fourth-order valence-electron chi connectivity index (χ4n) is 4.60. The normalized spacial score (nSPS) is 11.0. The van der Waals surface area contributed by atoms with Gasteiger partial charge < -0.3 is 19.3 Å². The number of ketones is 1. The second kappa shape index (κ2) is 14.4. The Kier molecular flexibility index (Phi) is 10.9. The van der Waals surface area contributed by atoms with Gasteiger partial charge in [0.25, 0.3) is 0 Å². The molecule has 2 aromatic carbocycles. The van der Waals surface area contributed by atoms with E-state index in [0.29, 0.717) is 23.3 Å². The van der Waals surface area contributed by atoms with Crippen molar-refractivity contribution in [3.8, 4) is 5.75 Å². The summed E-state index contributed by atoms with van der Waals surface area (Å²) < 4.78 is 7.30. The fourth-order valence-corrected chi connectivity index (χ4v) is 4.60. The minimum Gasteiger partial charge on any atom is -0.497 e. The Hall–Kier alpha value is -3.61. The molecule has 0 aliphatic carbocycles. The number of aryl methyl sites for hydroxylation is 1. The first-order chi connectivity index (χ1) is 18.4. The van der Waals surface area contributed by atoms with Gasteiger partial charge in [-0.1, -0.05) is 51.0 Å². The lowest BCUT2D eigenvalue weighted by Crippen LogP contribution is -2.35. The molecule has 0 bridgehead atoms. The van der Waals surface area contributed by atoms with E-state index in [2.05, 4.69) is 13.8 Å². The summed E-state index contributed by atoms with van der Waals surface area (Å²) >= 11 is 0. The number of unbranched alkanes of at least 4 members (excludes halogenated alkanes) is 3. The molecule has 1 amide bonds. The van der Waals surface area contributed by atoms with Crippen LogP contribution in [0.4, 0.5) is 0 Å². The smallest absolute Gasteiger partial charge is 0.303 e. The third kappa shape index (κ3) is 7.70. The lowest BCUT2D eigenvalue weighted by Gasteiger charge is -2.23. The van der Waals surface area contributed by atoms with Gasteiger partial charge in [0.2, 0.25) is 5.91 Å². The van der Waals surface area contributed by atoms with E-state index in [0.717, 1.165) is 68.1 Å². The largest absolute Gasteiger partial charge is 0.497 e. The van der Waals surface area contributed by atoms with Crippen LogP contribution in [0.1, 0.15) is 80.3 Å². The molecule has 0 saturated heterocycles. The van der Waals surface area contributed by atoms with Crippen molar-refractivity contribution in [3.63, 3.8) is 0 Å². The van der Waals surface area contributed by atoms with Gasteiger partial charge in [0, 0.05) is 48.3 Å². The summed E-state index contributed by atoms with van der Waals surface area (Å²) in [4.78, 5) is 39.5. The van der Waals surface area contributed by atoms with E-state index in [-0.39, 0.29) is 24.7 Å². The molecule has 7 heteroatoms. The van der Waals surface area contributed by atoms with E-state index in [1.54, 1.807) is 13.3 Å². The number of hydrogen-bond acceptors (Lipinski definition) is 4. The van der Waals surface area contributed by atoms with Crippen LogP contribution in [-0.2, 0) is 22.6 Å². The van der Waals surface area contributed by atoms with Crippen molar-refractivity contribution in [3.05, 3.63) is 65.4 Å². The zero-order valence-corrected chi connectivity index (χ0v) is 22.9. The summed E-state index contributed by atoms with van der Waals surface area (Å²) in [7, 11) is 1.60. The van der Waals surface area contributed by atoms with Crippen molar-refractivity contribution in [1.29, 1.82) is 0 Å². The van der Waals surface area contributed by atoms with Crippen LogP contribution in [0.5, 0.6) is 5.75 Å². The average Bonchev–Trinajstić information content (AvgIpc) is 3.28. The van der Waals surface area contributed by atoms with Gasteiger partial charge in [-0.3, -0.25) is 14.4 Å². The highest BCUT2D eigenvalue weighted by Crippen LogP contribution is 2.28. The highest BCUT2D eigenvalue weighted by Gasteiger charge is 2.20. The molecular weight excluding hydrogens is 480 g/mol. The number of benzene rings is 2. The molecule has 0 atom stereocenters. The van der Waals surface area contributed by atoms with Gasteiger partial charge in [0.15, 0.2) is 5.78 Å². The number of fused-ring (bicyclic) bond motifs is 1. The van der Waals surface area contributed by atoms with Gasteiger partial charge in [0.05, 0.1) is 12.6 Å². The molecule has 0 spiro atoms. The van der Waals surface area contributed by atoms with Crippen molar-refractivity contribution >= 4 is 28.6 Å². The first kappa shape index (κ1) is 29.0. The SMILES string of the molecule is CCCCN(CCCC)C(=O)Cn1cc(C(=O)c2ccc(CCCCC(=O)O)cc2)c2ccc(OC)cc21. The van der Waals surface area contributed by atoms with E-state index >= 15 is 0 Å². The number of carbonyl (C=O) groups excluding carboxylic acids is 2. The highest BCUT2D eigenvalue weighted by atomic mass is 16.5. The number of methoxy groups -OCH3 is 1. The van der Waals surface area contributed by atoms with Crippen molar-refractivity contribution in [2.45, 2.75) is 71.8 Å². The number of carbonyl (C=O) groups is 3. The first-order valence-electron chi connectivity index (χ1n) is 13.7. The molecule has 1 heterocycles. The first-order valence-corrected chi connectivity index (χ1v) is 13.7. The lowest BCUT2D eigenvalue weighted by atomic mass is 9.99. The van der Waals surface area contributed by atoms with Crippen LogP contribution in [0.2, 0.25) is 0 Å². The van der Waals surface area contributed by atoms with Gasteiger partial charge in [-0.15, -0.1) is 0 Å². The quantitative estimate of drug-likeness (QED) is 0.182. The molecule has 204 valence electrons. The number of carboxylic acid groups (broad SMARTS) is 1. The van der Waals surface area contributed by atoms with Crippen LogP contribution in [-0.4, -0.2) is 52.4 Å². The molecule has 1 aromatic heterocycles. The van der Waals surface area contributed by atoms with Gasteiger partial charge >= 0.3 is 5.97 Å². The van der Waals surface area contributed by atoms with Crippen molar-refractivity contribution in [1.82, 2.24) is 9.47 Å². The Labute approximate surface area is 225 Å². The van der Waals surface area contributed by atoms with E-state index < -0.39 is 5.97 Å². The number of aliphatic carboxylic acids is 1. The number of hydrogen-bond donors (Lipinski definition) is 1. The fraction of sp³-hybridized carbons (Fsp3) is 0.452. The Balaban J connectivity index is 1.84. The van der Waals surface area contributed by atoms with E-state index in [4.69, 9.17) is 9.84 Å². The number of nitrogens with zero attached hydrogens (tertiary/aromatic N) is 2. The highest BCUT2D eigenvalue weighted by molar-refractivity contribution is 6.16. The van der Waals surface area contributed by atoms with Gasteiger partial charge in [-0.2, -0.15) is 0 Å². The van der Waals surface area contributed by atoms with Crippen LogP contribution in [0.3, 0.4) is 0 Å². The summed E-state index contributed by atoms with van der Waals surface area (Å²) in [6.07, 6.45) is 8.14. The van der Waals surface area contributed by atoms with E-state index in [9.17, 15) is 14.4 Å². The zero-order valence-electron chi connectivity index (χ0n) is 22.9. The number of aromatic nitrogens is 1. The number of carboxylic acids is 1. The number of amides is 1. The topological polar surface area (TPSA) is 88.8 Å². The molecule has 7 nitrogen and oxygen atoms in total. The molecule has 0 saturated carbocycles.